The van der Waals surface area contributed by atoms with E-state index < -0.39 is 8.07 Å². The second-order valence-electron chi connectivity index (χ2n) is 18.7. The van der Waals surface area contributed by atoms with Crippen molar-refractivity contribution in [3.05, 3.63) is 272 Å². The van der Waals surface area contributed by atoms with E-state index in [4.69, 9.17) is 14.2 Å². The molecule has 7 nitrogen and oxygen atoms in total. The molecule has 3 aliphatic rings. The first-order valence-corrected chi connectivity index (χ1v) is 27.0. The SMILES string of the molecule is N#Cc1ccccc1-c1ccc([Si](c2ccc(N3c4ccccc4Oc4ccccc43)cc2)(c2ccc(N3c4ccccc4Oc4ccccc43)cc2)c2ccc(N3c4ccccc4Oc4ccccc43)cc2)cc1. The second kappa shape index (κ2) is 17.9. The highest BCUT2D eigenvalue weighted by molar-refractivity contribution is 7.19. The van der Waals surface area contributed by atoms with Crippen LogP contribution in [0.5, 0.6) is 34.5 Å². The average molecular weight is 981 g/mol. The lowest BCUT2D eigenvalue weighted by Gasteiger charge is -2.37. The number of rotatable bonds is 8. The van der Waals surface area contributed by atoms with Gasteiger partial charge in [0.05, 0.1) is 45.8 Å². The molecule has 0 amide bonds. The highest BCUT2D eigenvalue weighted by Crippen LogP contribution is 2.53. The van der Waals surface area contributed by atoms with E-state index in [1.165, 1.54) is 20.7 Å². The van der Waals surface area contributed by atoms with Crippen molar-refractivity contribution < 1.29 is 14.2 Å². The molecule has 0 spiro atoms. The van der Waals surface area contributed by atoms with Gasteiger partial charge in [0.15, 0.2) is 42.6 Å². The molecule has 0 bridgehead atoms. The van der Waals surface area contributed by atoms with Crippen LogP contribution in [0.15, 0.2) is 267 Å². The third-order valence-electron chi connectivity index (χ3n) is 14.6. The van der Waals surface area contributed by atoms with Crippen molar-refractivity contribution in [2.45, 2.75) is 0 Å². The zero-order valence-electron chi connectivity index (χ0n) is 40.4. The van der Waals surface area contributed by atoms with Gasteiger partial charge in [-0.1, -0.05) is 152 Å². The third kappa shape index (κ3) is 7.17. The van der Waals surface area contributed by atoms with Crippen molar-refractivity contribution >= 4 is 80.0 Å². The molecular formula is C67H44N4O3Si. The Morgan fingerprint density at radius 2 is 0.533 bits per heavy atom. The Labute approximate surface area is 436 Å². The molecule has 354 valence electrons. The van der Waals surface area contributed by atoms with E-state index in [-0.39, 0.29) is 0 Å². The van der Waals surface area contributed by atoms with Crippen LogP contribution in [0, 0.1) is 11.3 Å². The van der Waals surface area contributed by atoms with E-state index in [0.29, 0.717) is 5.56 Å². The van der Waals surface area contributed by atoms with E-state index in [9.17, 15) is 5.26 Å². The van der Waals surface area contributed by atoms with Crippen LogP contribution in [-0.2, 0) is 0 Å². The number of anilines is 9. The molecule has 0 unspecified atom stereocenters. The minimum Gasteiger partial charge on any atom is -0.453 e. The first kappa shape index (κ1) is 43.7. The lowest BCUT2D eigenvalue weighted by atomic mass is 10.0. The summed E-state index contributed by atoms with van der Waals surface area (Å²) >= 11 is 0. The van der Waals surface area contributed by atoms with Gasteiger partial charge in [-0.25, -0.2) is 0 Å². The van der Waals surface area contributed by atoms with Crippen LogP contribution in [0.25, 0.3) is 11.1 Å². The van der Waals surface area contributed by atoms with Crippen LogP contribution in [-0.4, -0.2) is 8.07 Å². The Hall–Kier alpha value is -10.1. The first-order chi connectivity index (χ1) is 37.1. The van der Waals surface area contributed by atoms with E-state index in [2.05, 4.69) is 191 Å². The molecule has 8 heteroatoms. The Balaban J connectivity index is 0.985. The molecule has 0 aromatic heterocycles. The van der Waals surface area contributed by atoms with Crippen LogP contribution in [0.1, 0.15) is 5.56 Å². The molecule has 0 N–H and O–H groups in total. The standard InChI is InChI=1S/C67H44N4O3Si/c68-45-47-15-1-2-16-55(47)46-29-37-51(38-30-46)75(52-39-31-48(32-40-52)69-56-17-3-9-23-62(56)72-63-24-10-4-18-57(63)69,53-41-33-49(34-42-53)70-58-19-5-11-25-64(58)73-65-26-12-6-20-59(65)70)54-43-35-50(36-44-54)71-60-21-7-13-27-66(60)74-67-28-14-8-22-61(67)71/h1-44H. The Morgan fingerprint density at radius 3 is 0.827 bits per heavy atom. The summed E-state index contributed by atoms with van der Waals surface area (Å²) in [5.74, 6) is 4.82. The summed E-state index contributed by atoms with van der Waals surface area (Å²) in [5, 5.41) is 15.0. The van der Waals surface area contributed by atoms with Crippen molar-refractivity contribution in [1.29, 1.82) is 5.26 Å². The van der Waals surface area contributed by atoms with Crippen molar-refractivity contribution in [2.75, 3.05) is 14.7 Å². The van der Waals surface area contributed by atoms with E-state index in [1.807, 2.05) is 97.1 Å². The number of nitrogens with zero attached hydrogens (tertiary/aromatic N) is 4. The van der Waals surface area contributed by atoms with Gasteiger partial charge in [-0.2, -0.15) is 5.26 Å². The Bertz CT molecular complexity index is 3550. The largest absolute Gasteiger partial charge is 0.453 e. The summed E-state index contributed by atoms with van der Waals surface area (Å²) in [6.07, 6.45) is 0. The molecule has 3 heterocycles. The molecule has 0 fully saturated rings. The predicted octanol–water partition coefficient (Wildman–Crippen LogP) is 15.3. The van der Waals surface area contributed by atoms with Crippen LogP contribution >= 0.6 is 0 Å². The highest BCUT2D eigenvalue weighted by atomic mass is 28.3. The quantitative estimate of drug-likeness (QED) is 0.111. The molecule has 14 rings (SSSR count). The number of para-hydroxylation sites is 12. The zero-order valence-corrected chi connectivity index (χ0v) is 41.4. The summed E-state index contributed by atoms with van der Waals surface area (Å²) < 4.78 is 19.3. The topological polar surface area (TPSA) is 61.2 Å². The highest BCUT2D eigenvalue weighted by Gasteiger charge is 2.43. The summed E-state index contributed by atoms with van der Waals surface area (Å²) in [4.78, 5) is 6.88. The summed E-state index contributed by atoms with van der Waals surface area (Å²) in [6.45, 7) is 0. The summed E-state index contributed by atoms with van der Waals surface area (Å²) in [6, 6.07) is 96.1. The fourth-order valence-corrected chi connectivity index (χ4v) is 15.9. The van der Waals surface area contributed by atoms with Crippen molar-refractivity contribution in [1.82, 2.24) is 0 Å². The van der Waals surface area contributed by atoms with Gasteiger partial charge < -0.3 is 28.9 Å². The number of hydrogen-bond donors (Lipinski definition) is 0. The molecule has 0 saturated heterocycles. The monoisotopic (exact) mass is 980 g/mol. The number of fused-ring (bicyclic) bond motifs is 6. The maximum atomic E-state index is 10.2. The van der Waals surface area contributed by atoms with E-state index in [0.717, 1.165) is 96.8 Å². The molecule has 0 atom stereocenters. The van der Waals surface area contributed by atoms with Gasteiger partial charge in [0.25, 0.3) is 0 Å². The molecule has 11 aromatic carbocycles. The molecule has 0 radical (unpaired) electrons. The Morgan fingerprint density at radius 1 is 0.280 bits per heavy atom. The zero-order chi connectivity index (χ0) is 49.9. The number of hydrogen-bond acceptors (Lipinski definition) is 7. The van der Waals surface area contributed by atoms with Gasteiger partial charge in [0.2, 0.25) is 0 Å². The van der Waals surface area contributed by atoms with Gasteiger partial charge in [0.1, 0.15) is 0 Å². The lowest BCUT2D eigenvalue weighted by Crippen LogP contribution is -2.74. The minimum atomic E-state index is -3.29. The van der Waals surface area contributed by atoms with E-state index >= 15 is 0 Å². The van der Waals surface area contributed by atoms with Crippen LogP contribution in [0.4, 0.5) is 51.2 Å². The lowest BCUT2D eigenvalue weighted by molar-refractivity contribution is 0.477. The molecule has 3 aliphatic heterocycles. The minimum absolute atomic E-state index is 0.638. The predicted molar refractivity (Wildman–Crippen MR) is 304 cm³/mol. The van der Waals surface area contributed by atoms with Crippen molar-refractivity contribution in [3.63, 3.8) is 0 Å². The van der Waals surface area contributed by atoms with Gasteiger partial charge in [0, 0.05) is 17.1 Å². The van der Waals surface area contributed by atoms with Gasteiger partial charge in [-0.15, -0.1) is 0 Å². The normalized spacial score (nSPS) is 12.8. The maximum Gasteiger partial charge on any atom is 0.179 e. The Kier molecular flexibility index (Phi) is 10.4. The smallest absolute Gasteiger partial charge is 0.179 e. The fraction of sp³-hybridized carbons (Fsp3) is 0. The summed E-state index contributed by atoms with van der Waals surface area (Å²) in [7, 11) is -3.29. The molecular weight excluding hydrogens is 937 g/mol. The van der Waals surface area contributed by atoms with Crippen LogP contribution in [0.3, 0.4) is 0 Å². The van der Waals surface area contributed by atoms with Crippen molar-refractivity contribution in [3.8, 4) is 51.7 Å². The molecule has 0 saturated carbocycles. The average Bonchev–Trinajstić information content (AvgIpc) is 3.48. The third-order valence-corrected chi connectivity index (χ3v) is 19.4. The molecule has 11 aromatic rings. The van der Waals surface area contributed by atoms with Gasteiger partial charge in [-0.3, -0.25) is 0 Å². The van der Waals surface area contributed by atoms with Gasteiger partial charge >= 0.3 is 0 Å². The summed E-state index contributed by atoms with van der Waals surface area (Å²) in [5.41, 5.74) is 11.4. The first-order valence-electron chi connectivity index (χ1n) is 25.0. The van der Waals surface area contributed by atoms with Gasteiger partial charge in [-0.05, 0) is 147 Å². The van der Waals surface area contributed by atoms with E-state index in [1.54, 1.807) is 0 Å². The second-order valence-corrected chi connectivity index (χ2v) is 22.6. The maximum absolute atomic E-state index is 10.2. The fourth-order valence-electron chi connectivity index (χ4n) is 11.3. The van der Waals surface area contributed by atoms with Crippen molar-refractivity contribution in [2.24, 2.45) is 0 Å². The number of benzene rings is 11. The number of ether oxygens (including phenoxy) is 3. The van der Waals surface area contributed by atoms with Crippen LogP contribution in [0.2, 0.25) is 0 Å². The number of nitriles is 1. The molecule has 0 aliphatic carbocycles. The molecule has 75 heavy (non-hydrogen) atoms. The van der Waals surface area contributed by atoms with Crippen LogP contribution < -0.4 is 49.7 Å².